The lowest BCUT2D eigenvalue weighted by atomic mass is 10.1. The second-order valence-electron chi connectivity index (χ2n) is 6.85. The van der Waals surface area contributed by atoms with Crippen molar-refractivity contribution in [2.75, 3.05) is 14.1 Å². The minimum Gasteiger partial charge on any atom is -0.457 e. The van der Waals surface area contributed by atoms with Crippen molar-refractivity contribution in [2.45, 2.75) is 12.7 Å². The zero-order valence-electron chi connectivity index (χ0n) is 16.2. The molecule has 0 saturated carbocycles. The average molecular weight is 403 g/mol. The van der Waals surface area contributed by atoms with Gasteiger partial charge in [0.25, 0.3) is 0 Å². The highest BCUT2D eigenvalue weighted by Gasteiger charge is 2.31. The van der Waals surface area contributed by atoms with Gasteiger partial charge in [-0.3, -0.25) is 4.79 Å². The molecule has 0 radical (unpaired) electrons. The Morgan fingerprint density at radius 2 is 1.83 bits per heavy atom. The van der Waals surface area contributed by atoms with E-state index in [2.05, 4.69) is 4.98 Å². The topological polar surface area (TPSA) is 47.4 Å². The molecular formula is C21H20F3N3O2. The first-order valence-electron chi connectivity index (χ1n) is 8.79. The van der Waals surface area contributed by atoms with E-state index in [9.17, 15) is 18.0 Å². The molecule has 5 nitrogen and oxygen atoms in total. The summed E-state index contributed by atoms with van der Waals surface area (Å²) in [6, 6.07) is 9.65. The fraction of sp³-hybridized carbons (Fsp3) is 0.238. The predicted octanol–water partition coefficient (Wildman–Crippen LogP) is 4.77. The number of nitrogens with zero attached hydrogens (tertiary/aromatic N) is 3. The molecule has 0 aliphatic heterocycles. The molecule has 1 heterocycles. The van der Waals surface area contributed by atoms with Gasteiger partial charge in [-0.15, -0.1) is 0 Å². The summed E-state index contributed by atoms with van der Waals surface area (Å²) in [6.07, 6.45) is -2.29. The molecule has 0 atom stereocenters. The number of carbonyl (C=O) groups is 1. The molecular weight excluding hydrogens is 383 g/mol. The third kappa shape index (κ3) is 4.65. The van der Waals surface area contributed by atoms with Gasteiger partial charge in [0.2, 0.25) is 0 Å². The van der Waals surface area contributed by atoms with Crippen molar-refractivity contribution in [2.24, 2.45) is 7.05 Å². The second kappa shape index (κ2) is 8.08. The first-order valence-corrected chi connectivity index (χ1v) is 8.79. The van der Waals surface area contributed by atoms with Gasteiger partial charge in [0.1, 0.15) is 17.3 Å². The van der Waals surface area contributed by atoms with Crippen LogP contribution in [0.5, 0.6) is 11.5 Å². The molecule has 152 valence electrons. The number of halogens is 3. The quantitative estimate of drug-likeness (QED) is 0.556. The SMILES string of the molecule is CN(C)Cc1ncc(-c2ccc(Oc3cc(C(F)(F)F)ccc3C=O)cc2)n1C. The number of benzene rings is 2. The van der Waals surface area contributed by atoms with Crippen LogP contribution in [0, 0.1) is 0 Å². The summed E-state index contributed by atoms with van der Waals surface area (Å²) in [7, 11) is 5.84. The van der Waals surface area contributed by atoms with Gasteiger partial charge in [0.15, 0.2) is 6.29 Å². The van der Waals surface area contributed by atoms with E-state index in [1.807, 2.05) is 30.6 Å². The van der Waals surface area contributed by atoms with E-state index in [0.717, 1.165) is 35.3 Å². The fourth-order valence-electron chi connectivity index (χ4n) is 2.86. The number of ether oxygens (including phenoxy) is 1. The van der Waals surface area contributed by atoms with Crippen LogP contribution in [0.4, 0.5) is 13.2 Å². The van der Waals surface area contributed by atoms with E-state index < -0.39 is 11.7 Å². The molecule has 0 aliphatic carbocycles. The Labute approximate surface area is 166 Å². The van der Waals surface area contributed by atoms with Crippen molar-refractivity contribution in [1.29, 1.82) is 0 Å². The van der Waals surface area contributed by atoms with Crippen molar-refractivity contribution in [3.63, 3.8) is 0 Å². The highest BCUT2D eigenvalue weighted by atomic mass is 19.4. The summed E-state index contributed by atoms with van der Waals surface area (Å²) in [6.45, 7) is 0.696. The monoisotopic (exact) mass is 403 g/mol. The Morgan fingerprint density at radius 1 is 1.14 bits per heavy atom. The van der Waals surface area contributed by atoms with Gasteiger partial charge in [-0.05, 0) is 56.6 Å². The predicted molar refractivity (Wildman–Crippen MR) is 103 cm³/mol. The second-order valence-corrected chi connectivity index (χ2v) is 6.85. The number of alkyl halides is 3. The first-order chi connectivity index (χ1) is 13.7. The Morgan fingerprint density at radius 3 is 2.41 bits per heavy atom. The maximum absolute atomic E-state index is 12.9. The van der Waals surface area contributed by atoms with Crippen molar-refractivity contribution < 1.29 is 22.7 Å². The number of carbonyl (C=O) groups excluding carboxylic acids is 1. The molecule has 0 aliphatic rings. The van der Waals surface area contributed by atoms with Gasteiger partial charge >= 0.3 is 6.18 Å². The smallest absolute Gasteiger partial charge is 0.416 e. The standard InChI is InChI=1S/C21H20F3N3O2/c1-26(2)12-20-25-11-18(27(20)3)14-5-8-17(9-6-14)29-19-10-16(21(22,23)24)7-4-15(19)13-28/h4-11,13H,12H2,1-3H3. The van der Waals surface area contributed by atoms with Crippen LogP contribution in [-0.2, 0) is 19.8 Å². The molecule has 0 unspecified atom stereocenters. The molecule has 0 saturated heterocycles. The van der Waals surface area contributed by atoms with Crippen LogP contribution in [-0.4, -0.2) is 34.8 Å². The minimum absolute atomic E-state index is 0.0436. The number of aldehydes is 1. The number of hydrogen-bond donors (Lipinski definition) is 0. The molecule has 0 fully saturated rings. The van der Waals surface area contributed by atoms with Crippen molar-refractivity contribution >= 4 is 6.29 Å². The van der Waals surface area contributed by atoms with Crippen molar-refractivity contribution in [3.8, 4) is 22.8 Å². The maximum Gasteiger partial charge on any atom is 0.416 e. The Bertz CT molecular complexity index is 1010. The van der Waals surface area contributed by atoms with Crippen molar-refractivity contribution in [3.05, 3.63) is 65.6 Å². The normalized spacial score (nSPS) is 11.7. The highest BCUT2D eigenvalue weighted by Crippen LogP contribution is 2.35. The van der Waals surface area contributed by atoms with Gasteiger partial charge in [-0.25, -0.2) is 4.98 Å². The molecule has 0 bridgehead atoms. The number of rotatable bonds is 6. The van der Waals surface area contributed by atoms with Crippen molar-refractivity contribution in [1.82, 2.24) is 14.5 Å². The first kappa shape index (κ1) is 20.6. The molecule has 3 aromatic rings. The number of hydrogen-bond acceptors (Lipinski definition) is 4. The van der Waals surface area contributed by atoms with Gasteiger partial charge < -0.3 is 14.2 Å². The third-order valence-corrected chi connectivity index (χ3v) is 4.39. The zero-order valence-corrected chi connectivity index (χ0v) is 16.2. The lowest BCUT2D eigenvalue weighted by Crippen LogP contribution is -2.14. The molecule has 0 amide bonds. The Balaban J connectivity index is 1.85. The largest absolute Gasteiger partial charge is 0.457 e. The van der Waals surface area contributed by atoms with Gasteiger partial charge in [-0.1, -0.05) is 0 Å². The van der Waals surface area contributed by atoms with E-state index in [-0.39, 0.29) is 11.3 Å². The average Bonchev–Trinajstić information content (AvgIpc) is 3.01. The molecule has 8 heteroatoms. The van der Waals surface area contributed by atoms with Crippen LogP contribution >= 0.6 is 0 Å². The molecule has 1 aromatic heterocycles. The zero-order chi connectivity index (χ0) is 21.2. The van der Waals surface area contributed by atoms with Gasteiger partial charge in [0.05, 0.1) is 29.6 Å². The number of imidazole rings is 1. The maximum atomic E-state index is 12.9. The summed E-state index contributed by atoms with van der Waals surface area (Å²) < 4.78 is 46.4. The summed E-state index contributed by atoms with van der Waals surface area (Å²) >= 11 is 0. The van der Waals surface area contributed by atoms with Crippen LogP contribution < -0.4 is 4.74 Å². The summed E-state index contributed by atoms with van der Waals surface area (Å²) in [4.78, 5) is 17.6. The Kier molecular flexibility index (Phi) is 5.74. The van der Waals surface area contributed by atoms with Gasteiger partial charge in [-0.2, -0.15) is 13.2 Å². The molecule has 0 N–H and O–H groups in total. The van der Waals surface area contributed by atoms with Crippen LogP contribution in [0.2, 0.25) is 0 Å². The third-order valence-electron chi connectivity index (χ3n) is 4.39. The lowest BCUT2D eigenvalue weighted by Gasteiger charge is -2.13. The fourth-order valence-corrected chi connectivity index (χ4v) is 2.86. The molecule has 0 spiro atoms. The molecule has 3 rings (SSSR count). The van der Waals surface area contributed by atoms with Crippen LogP contribution in [0.25, 0.3) is 11.3 Å². The van der Waals surface area contributed by atoms with E-state index in [0.29, 0.717) is 18.6 Å². The van der Waals surface area contributed by atoms with Crippen LogP contribution in [0.3, 0.4) is 0 Å². The van der Waals surface area contributed by atoms with E-state index >= 15 is 0 Å². The molecule has 29 heavy (non-hydrogen) atoms. The van der Waals surface area contributed by atoms with Gasteiger partial charge in [0, 0.05) is 12.6 Å². The van der Waals surface area contributed by atoms with Crippen LogP contribution in [0.1, 0.15) is 21.7 Å². The van der Waals surface area contributed by atoms with Crippen LogP contribution in [0.15, 0.2) is 48.7 Å². The highest BCUT2D eigenvalue weighted by molar-refractivity contribution is 5.79. The molecule has 2 aromatic carbocycles. The lowest BCUT2D eigenvalue weighted by molar-refractivity contribution is -0.137. The minimum atomic E-state index is -4.52. The van der Waals surface area contributed by atoms with E-state index in [4.69, 9.17) is 4.74 Å². The summed E-state index contributed by atoms with van der Waals surface area (Å²) in [5, 5.41) is 0. The van der Waals surface area contributed by atoms with E-state index in [1.165, 1.54) is 0 Å². The summed E-state index contributed by atoms with van der Waals surface area (Å²) in [5.74, 6) is 1.09. The van der Waals surface area contributed by atoms with E-state index in [1.54, 1.807) is 30.5 Å². The Hall–Kier alpha value is -3.13. The summed E-state index contributed by atoms with van der Waals surface area (Å²) in [5.41, 5.74) is 0.957. The number of aromatic nitrogens is 2.